The van der Waals surface area contributed by atoms with Crippen LogP contribution in [0.25, 0.3) is 0 Å². The summed E-state index contributed by atoms with van der Waals surface area (Å²) in [5.41, 5.74) is 0. The first-order valence-corrected chi connectivity index (χ1v) is 4.22. The maximum absolute atomic E-state index is 10.5. The van der Waals surface area contributed by atoms with Gasteiger partial charge in [-0.05, 0) is 19.3 Å². The van der Waals surface area contributed by atoms with Crippen molar-refractivity contribution in [2.45, 2.75) is 19.3 Å². The second-order valence-electron chi connectivity index (χ2n) is 1.95. The van der Waals surface area contributed by atoms with Gasteiger partial charge < -0.3 is 0 Å². The topological polar surface area (TPSA) is 35.5 Å². The Morgan fingerprint density at radius 2 is 1.36 bits per heavy atom. The van der Waals surface area contributed by atoms with Gasteiger partial charge in [0.25, 0.3) is 0 Å². The summed E-state index contributed by atoms with van der Waals surface area (Å²) in [6.45, 7) is 1.16. The molecular formula is C5H10Na2O3P+. The molecule has 0 N–H and O–H groups in total. The Morgan fingerprint density at radius 1 is 0.909 bits per heavy atom. The van der Waals surface area contributed by atoms with Crippen molar-refractivity contribution in [1.82, 2.24) is 0 Å². The van der Waals surface area contributed by atoms with E-state index in [-0.39, 0.29) is 59.1 Å². The Balaban J connectivity index is 0. The number of hydrogen-bond acceptors (Lipinski definition) is 3. The molecule has 0 aliphatic carbocycles. The van der Waals surface area contributed by atoms with E-state index < -0.39 is 8.25 Å². The quantitative estimate of drug-likeness (QED) is 0.429. The zero-order valence-electron chi connectivity index (χ0n) is 7.21. The third kappa shape index (κ3) is 8.35. The Bertz CT molecular complexity index is 102. The number of rotatable bonds is 0. The maximum atomic E-state index is 10.5. The minimum absolute atomic E-state index is 0. The van der Waals surface area contributed by atoms with Gasteiger partial charge in [0.05, 0.1) is 0 Å². The minimum Gasteiger partial charge on any atom is -0.119 e. The zero-order chi connectivity index (χ0) is 6.53. The maximum Gasteiger partial charge on any atom is 0.697 e. The van der Waals surface area contributed by atoms with Gasteiger partial charge in [-0.25, -0.2) is 0 Å². The predicted octanol–water partition coefficient (Wildman–Crippen LogP) is 1.10. The van der Waals surface area contributed by atoms with Crippen molar-refractivity contribution < 1.29 is 13.6 Å². The van der Waals surface area contributed by atoms with Gasteiger partial charge in [0.15, 0.2) is 0 Å². The van der Waals surface area contributed by atoms with Gasteiger partial charge in [0, 0.05) is 63.7 Å². The standard InChI is InChI=1S/C5H10O3P.2Na/c6-9-7-4-2-1-3-5-8-9;;/h1-5H2;;/q+1;;. The van der Waals surface area contributed by atoms with E-state index in [2.05, 4.69) is 0 Å². The van der Waals surface area contributed by atoms with Crippen molar-refractivity contribution in [3.05, 3.63) is 0 Å². The fourth-order valence-corrected chi connectivity index (χ4v) is 1.33. The van der Waals surface area contributed by atoms with E-state index in [9.17, 15) is 4.57 Å². The van der Waals surface area contributed by atoms with Crippen LogP contribution in [0, 0.1) is 0 Å². The molecule has 3 nitrogen and oxygen atoms in total. The van der Waals surface area contributed by atoms with Gasteiger partial charge in [0.2, 0.25) is 0 Å². The molecule has 1 saturated heterocycles. The largest absolute Gasteiger partial charge is 0.697 e. The van der Waals surface area contributed by atoms with Crippen molar-refractivity contribution in [3.63, 3.8) is 0 Å². The van der Waals surface area contributed by atoms with Crippen molar-refractivity contribution in [2.75, 3.05) is 13.2 Å². The average Bonchev–Trinajstić information content (AvgIpc) is 1.79. The third-order valence-electron chi connectivity index (χ3n) is 1.18. The van der Waals surface area contributed by atoms with Crippen LogP contribution in [0.3, 0.4) is 0 Å². The average molecular weight is 195 g/mol. The fourth-order valence-electron chi connectivity index (χ4n) is 0.696. The molecule has 0 aromatic carbocycles. The van der Waals surface area contributed by atoms with Crippen LogP contribution < -0.4 is 0 Å². The third-order valence-corrected chi connectivity index (χ3v) is 1.97. The van der Waals surface area contributed by atoms with Crippen LogP contribution in [0.4, 0.5) is 0 Å². The summed E-state index contributed by atoms with van der Waals surface area (Å²) in [7, 11) is -1.79. The normalized spacial score (nSPS) is 18.7. The summed E-state index contributed by atoms with van der Waals surface area (Å²) in [6, 6.07) is 0. The van der Waals surface area contributed by atoms with Gasteiger partial charge in [-0.2, -0.15) is 0 Å². The molecule has 0 amide bonds. The van der Waals surface area contributed by atoms with Crippen LogP contribution in [-0.2, 0) is 13.6 Å². The fraction of sp³-hybridized carbons (Fsp3) is 1.00. The summed E-state index contributed by atoms with van der Waals surface area (Å²) in [5.74, 6) is 0. The molecule has 1 rings (SSSR count). The minimum atomic E-state index is -1.79. The van der Waals surface area contributed by atoms with Gasteiger partial charge in [0.1, 0.15) is 13.2 Å². The van der Waals surface area contributed by atoms with E-state index in [1.807, 2.05) is 0 Å². The molecule has 0 unspecified atom stereocenters. The van der Waals surface area contributed by atoms with Crippen LogP contribution in [-0.4, -0.2) is 72.3 Å². The molecular weight excluding hydrogens is 185 g/mol. The second kappa shape index (κ2) is 10.1. The van der Waals surface area contributed by atoms with E-state index in [1.54, 1.807) is 0 Å². The molecule has 0 saturated carbocycles. The smallest absolute Gasteiger partial charge is 0.119 e. The second-order valence-corrected chi connectivity index (χ2v) is 2.91. The van der Waals surface area contributed by atoms with Gasteiger partial charge in [-0.1, -0.05) is 0 Å². The molecule has 54 valence electrons. The van der Waals surface area contributed by atoms with Crippen LogP contribution in [0.2, 0.25) is 0 Å². The van der Waals surface area contributed by atoms with Crippen LogP contribution in [0.5, 0.6) is 0 Å². The Hall–Kier alpha value is 2.02. The summed E-state index contributed by atoms with van der Waals surface area (Å²) in [4.78, 5) is 0. The summed E-state index contributed by atoms with van der Waals surface area (Å²) < 4.78 is 20.1. The Morgan fingerprint density at radius 3 is 1.82 bits per heavy atom. The molecule has 11 heavy (non-hydrogen) atoms. The van der Waals surface area contributed by atoms with Gasteiger partial charge in [-0.3, -0.25) is 0 Å². The monoisotopic (exact) mass is 195 g/mol. The van der Waals surface area contributed by atoms with E-state index in [1.165, 1.54) is 0 Å². The van der Waals surface area contributed by atoms with Crippen molar-refractivity contribution in [2.24, 2.45) is 0 Å². The van der Waals surface area contributed by atoms with E-state index in [0.29, 0.717) is 13.2 Å². The van der Waals surface area contributed by atoms with E-state index in [0.717, 1.165) is 19.3 Å². The van der Waals surface area contributed by atoms with E-state index >= 15 is 0 Å². The summed E-state index contributed by atoms with van der Waals surface area (Å²) in [6.07, 6.45) is 3.12. The Labute approximate surface area is 112 Å². The van der Waals surface area contributed by atoms with Crippen LogP contribution >= 0.6 is 8.25 Å². The molecule has 1 fully saturated rings. The van der Waals surface area contributed by atoms with Crippen LogP contribution in [0.15, 0.2) is 0 Å². The number of hydrogen-bond donors (Lipinski definition) is 0. The molecule has 1 heterocycles. The molecule has 1 aliphatic heterocycles. The molecule has 0 aromatic rings. The predicted molar refractivity (Wildman–Crippen MR) is 44.9 cm³/mol. The van der Waals surface area contributed by atoms with Crippen molar-refractivity contribution in [1.29, 1.82) is 0 Å². The first-order valence-electron chi connectivity index (χ1n) is 3.13. The van der Waals surface area contributed by atoms with Crippen molar-refractivity contribution >= 4 is 67.4 Å². The first-order chi connectivity index (χ1) is 4.39. The molecule has 0 bridgehead atoms. The molecule has 2 radical (unpaired) electrons. The summed E-state index contributed by atoms with van der Waals surface area (Å²) in [5, 5.41) is 0. The summed E-state index contributed by atoms with van der Waals surface area (Å²) >= 11 is 0. The molecule has 0 spiro atoms. The Kier molecular flexibility index (Phi) is 14.2. The zero-order valence-corrected chi connectivity index (χ0v) is 12.1. The van der Waals surface area contributed by atoms with Gasteiger partial charge in [-0.15, -0.1) is 9.05 Å². The first kappa shape index (κ1) is 15.5. The van der Waals surface area contributed by atoms with E-state index in [4.69, 9.17) is 9.05 Å². The van der Waals surface area contributed by atoms with Gasteiger partial charge >= 0.3 is 8.25 Å². The molecule has 0 atom stereocenters. The molecule has 1 aliphatic rings. The molecule has 6 heteroatoms. The van der Waals surface area contributed by atoms with Crippen molar-refractivity contribution in [3.8, 4) is 0 Å². The van der Waals surface area contributed by atoms with Crippen LogP contribution in [0.1, 0.15) is 19.3 Å². The molecule has 0 aromatic heterocycles. The SMILES string of the molecule is O=[P+]1OCCCCCO1.[Na].[Na].